The summed E-state index contributed by atoms with van der Waals surface area (Å²) in [6.07, 6.45) is 3.60. The van der Waals surface area contributed by atoms with E-state index in [0.29, 0.717) is 12.1 Å². The van der Waals surface area contributed by atoms with Gasteiger partial charge in [-0.1, -0.05) is 0 Å². The van der Waals surface area contributed by atoms with Crippen molar-refractivity contribution in [3.8, 4) is 0 Å². The van der Waals surface area contributed by atoms with Gasteiger partial charge in [-0.25, -0.2) is 0 Å². The number of piperidine rings is 1. The second-order valence-corrected chi connectivity index (χ2v) is 5.15. The highest BCUT2D eigenvalue weighted by Gasteiger charge is 2.40. The molecule has 0 aliphatic carbocycles. The fraction of sp³-hybridized carbons (Fsp3) is 1.00. The number of nitrogens with two attached hydrogens (primary N) is 1. The third-order valence-corrected chi connectivity index (χ3v) is 3.60. The van der Waals surface area contributed by atoms with Gasteiger partial charge in [0, 0.05) is 25.2 Å². The van der Waals surface area contributed by atoms with E-state index >= 15 is 0 Å². The van der Waals surface area contributed by atoms with Gasteiger partial charge in [0.05, 0.1) is 5.60 Å². The fourth-order valence-corrected chi connectivity index (χ4v) is 2.82. The van der Waals surface area contributed by atoms with Gasteiger partial charge in [-0.15, -0.1) is 0 Å². The summed E-state index contributed by atoms with van der Waals surface area (Å²) in [5.41, 5.74) is 6.02. The molecule has 82 valence electrons. The van der Waals surface area contributed by atoms with Crippen LogP contribution in [-0.4, -0.2) is 42.3 Å². The van der Waals surface area contributed by atoms with E-state index in [1.165, 1.54) is 25.8 Å². The minimum Gasteiger partial charge on any atom is -0.374 e. The van der Waals surface area contributed by atoms with Crippen molar-refractivity contribution < 1.29 is 4.74 Å². The first-order chi connectivity index (χ1) is 6.59. The Labute approximate surface area is 86.6 Å². The molecule has 0 amide bonds. The largest absolute Gasteiger partial charge is 0.374 e. The van der Waals surface area contributed by atoms with Crippen LogP contribution in [0.3, 0.4) is 0 Å². The summed E-state index contributed by atoms with van der Waals surface area (Å²) >= 11 is 0. The highest BCUT2D eigenvalue weighted by molar-refractivity contribution is 4.94. The molecule has 3 nitrogen and oxygen atoms in total. The number of hydrogen-bond acceptors (Lipinski definition) is 3. The van der Waals surface area contributed by atoms with Gasteiger partial charge in [0.1, 0.15) is 0 Å². The van der Waals surface area contributed by atoms with Crippen molar-refractivity contribution in [3.05, 3.63) is 0 Å². The van der Waals surface area contributed by atoms with Crippen molar-refractivity contribution in [1.29, 1.82) is 0 Å². The van der Waals surface area contributed by atoms with Crippen molar-refractivity contribution in [2.45, 2.75) is 50.8 Å². The molecule has 3 heteroatoms. The Kier molecular flexibility index (Phi) is 2.82. The molecule has 2 unspecified atom stereocenters. The lowest BCUT2D eigenvalue weighted by Crippen LogP contribution is -2.53. The van der Waals surface area contributed by atoms with Gasteiger partial charge < -0.3 is 10.5 Å². The van der Waals surface area contributed by atoms with E-state index < -0.39 is 0 Å². The lowest BCUT2D eigenvalue weighted by Gasteiger charge is -2.40. The zero-order chi connectivity index (χ0) is 10.2. The average molecular weight is 198 g/mol. The van der Waals surface area contributed by atoms with Gasteiger partial charge in [0.2, 0.25) is 0 Å². The van der Waals surface area contributed by atoms with E-state index in [1.807, 2.05) is 0 Å². The number of likely N-dealkylation sites (tertiary alicyclic amines) is 1. The molecule has 2 saturated heterocycles. The van der Waals surface area contributed by atoms with E-state index in [-0.39, 0.29) is 5.60 Å². The number of rotatable bonds is 1. The molecule has 2 aliphatic rings. The first-order valence-electron chi connectivity index (χ1n) is 5.73. The van der Waals surface area contributed by atoms with Crippen LogP contribution in [0.15, 0.2) is 0 Å². The van der Waals surface area contributed by atoms with E-state index in [2.05, 4.69) is 18.7 Å². The normalized spacial score (nSPS) is 38.8. The second kappa shape index (κ2) is 3.80. The lowest BCUT2D eigenvalue weighted by atomic mass is 9.94. The quantitative estimate of drug-likeness (QED) is 0.682. The van der Waals surface area contributed by atoms with Crippen molar-refractivity contribution in [2.24, 2.45) is 5.73 Å². The van der Waals surface area contributed by atoms with Gasteiger partial charge in [0.15, 0.2) is 0 Å². The Hall–Kier alpha value is -0.120. The maximum atomic E-state index is 6.00. The topological polar surface area (TPSA) is 38.5 Å². The number of hydrogen-bond donors (Lipinski definition) is 1. The first-order valence-corrected chi connectivity index (χ1v) is 5.73. The van der Waals surface area contributed by atoms with Gasteiger partial charge in [-0.05, 0) is 39.7 Å². The molecule has 2 fully saturated rings. The fourth-order valence-electron chi connectivity index (χ4n) is 2.82. The molecule has 2 N–H and O–H groups in total. The van der Waals surface area contributed by atoms with Crippen molar-refractivity contribution >= 4 is 0 Å². The Morgan fingerprint density at radius 3 is 2.71 bits per heavy atom. The summed E-state index contributed by atoms with van der Waals surface area (Å²) in [7, 11) is 0. The SMILES string of the molecule is CC1(C)OCCC1N1CCCC(N)C1. The van der Waals surface area contributed by atoms with Gasteiger partial charge >= 0.3 is 0 Å². The van der Waals surface area contributed by atoms with E-state index in [9.17, 15) is 0 Å². The van der Waals surface area contributed by atoms with Crippen LogP contribution in [0.4, 0.5) is 0 Å². The predicted octanol–water partition coefficient (Wildman–Crippen LogP) is 0.977. The predicted molar refractivity (Wildman–Crippen MR) is 57.2 cm³/mol. The highest BCUT2D eigenvalue weighted by atomic mass is 16.5. The standard InChI is InChI=1S/C11H22N2O/c1-11(2)10(5-7-14-11)13-6-3-4-9(12)8-13/h9-10H,3-8,12H2,1-2H3. The third-order valence-electron chi connectivity index (χ3n) is 3.60. The highest BCUT2D eigenvalue weighted by Crippen LogP contribution is 2.31. The van der Waals surface area contributed by atoms with Gasteiger partial charge in [-0.3, -0.25) is 4.90 Å². The monoisotopic (exact) mass is 198 g/mol. The summed E-state index contributed by atoms with van der Waals surface area (Å²) in [6, 6.07) is 0.953. The van der Waals surface area contributed by atoms with Gasteiger partial charge in [-0.2, -0.15) is 0 Å². The molecule has 0 saturated carbocycles. The molecule has 14 heavy (non-hydrogen) atoms. The maximum Gasteiger partial charge on any atom is 0.0781 e. The molecule has 2 aliphatic heterocycles. The molecule has 0 aromatic rings. The molecule has 0 bridgehead atoms. The zero-order valence-electron chi connectivity index (χ0n) is 9.33. The summed E-state index contributed by atoms with van der Waals surface area (Å²) in [5, 5.41) is 0. The van der Waals surface area contributed by atoms with Crippen LogP contribution in [0.2, 0.25) is 0 Å². The van der Waals surface area contributed by atoms with Crippen LogP contribution < -0.4 is 5.73 Å². The molecule has 2 heterocycles. The minimum atomic E-state index is 0.0249. The van der Waals surface area contributed by atoms with Crippen molar-refractivity contribution in [1.82, 2.24) is 4.90 Å². The Bertz CT molecular complexity index is 205. The van der Waals surface area contributed by atoms with Crippen LogP contribution in [0.25, 0.3) is 0 Å². The third kappa shape index (κ3) is 1.95. The molecule has 0 radical (unpaired) electrons. The molecule has 2 rings (SSSR count). The maximum absolute atomic E-state index is 6.00. The molecular formula is C11H22N2O. The number of ether oxygens (including phenoxy) is 1. The van der Waals surface area contributed by atoms with Crippen LogP contribution in [0.5, 0.6) is 0 Å². The van der Waals surface area contributed by atoms with Gasteiger partial charge in [0.25, 0.3) is 0 Å². The van der Waals surface area contributed by atoms with Crippen LogP contribution in [0, 0.1) is 0 Å². The van der Waals surface area contributed by atoms with Crippen LogP contribution in [0.1, 0.15) is 33.1 Å². The van der Waals surface area contributed by atoms with Crippen LogP contribution >= 0.6 is 0 Å². The van der Waals surface area contributed by atoms with E-state index in [1.54, 1.807) is 0 Å². The van der Waals surface area contributed by atoms with E-state index in [0.717, 1.165) is 13.2 Å². The minimum absolute atomic E-state index is 0.0249. The number of nitrogens with zero attached hydrogens (tertiary/aromatic N) is 1. The molecule has 0 spiro atoms. The molecule has 0 aromatic carbocycles. The molecule has 2 atom stereocenters. The Morgan fingerprint density at radius 2 is 2.14 bits per heavy atom. The second-order valence-electron chi connectivity index (χ2n) is 5.15. The lowest BCUT2D eigenvalue weighted by molar-refractivity contribution is -0.0166. The molecular weight excluding hydrogens is 176 g/mol. The Morgan fingerprint density at radius 1 is 1.36 bits per heavy atom. The van der Waals surface area contributed by atoms with Crippen molar-refractivity contribution in [2.75, 3.05) is 19.7 Å². The first kappa shape index (κ1) is 10.4. The zero-order valence-corrected chi connectivity index (χ0v) is 9.33. The smallest absolute Gasteiger partial charge is 0.0781 e. The summed E-state index contributed by atoms with van der Waals surface area (Å²) in [5.74, 6) is 0. The summed E-state index contributed by atoms with van der Waals surface area (Å²) < 4.78 is 5.76. The molecule has 0 aromatic heterocycles. The van der Waals surface area contributed by atoms with E-state index in [4.69, 9.17) is 10.5 Å². The Balaban J connectivity index is 2.00. The summed E-state index contributed by atoms with van der Waals surface area (Å²) in [6.45, 7) is 7.56. The van der Waals surface area contributed by atoms with Crippen LogP contribution in [-0.2, 0) is 4.74 Å². The summed E-state index contributed by atoms with van der Waals surface area (Å²) in [4.78, 5) is 2.53. The van der Waals surface area contributed by atoms with Crippen molar-refractivity contribution in [3.63, 3.8) is 0 Å². The average Bonchev–Trinajstić information content (AvgIpc) is 2.45.